The van der Waals surface area contributed by atoms with Gasteiger partial charge in [-0.3, -0.25) is 0 Å². The van der Waals surface area contributed by atoms with Crippen LogP contribution in [-0.2, 0) is 19.9 Å². The molecule has 0 fully saturated rings. The van der Waals surface area contributed by atoms with E-state index in [1.54, 1.807) is 17.8 Å². The number of benzene rings is 1. The average Bonchev–Trinajstić information content (AvgIpc) is 2.96. The zero-order chi connectivity index (χ0) is 12.7. The van der Waals surface area contributed by atoms with Gasteiger partial charge < -0.3 is 9.67 Å². The second-order valence-electron chi connectivity index (χ2n) is 4.78. The lowest BCUT2D eigenvalue weighted by molar-refractivity contribution is 0.206. The number of hydrogen-bond donors (Lipinski definition) is 1. The molecular weight excluding hydrogens is 248 g/mol. The number of imidazole rings is 1. The molecule has 1 aromatic heterocycles. The van der Waals surface area contributed by atoms with Crippen LogP contribution in [0.15, 0.2) is 24.4 Å². The maximum absolute atomic E-state index is 10.4. The van der Waals surface area contributed by atoms with Crippen molar-refractivity contribution in [1.82, 2.24) is 9.55 Å². The first-order valence-electron chi connectivity index (χ1n) is 6.13. The Hall–Kier alpha value is -1.32. The maximum atomic E-state index is 10.4. The van der Waals surface area contributed by atoms with Gasteiger partial charge >= 0.3 is 0 Å². The highest BCUT2D eigenvalue weighted by molar-refractivity contribution is 6.29. The van der Waals surface area contributed by atoms with Crippen molar-refractivity contribution in [3.05, 3.63) is 52.1 Å². The number of fused-ring (bicyclic) bond motifs is 1. The molecule has 94 valence electrons. The number of aliphatic hydroxyl groups excluding tert-OH is 1. The second-order valence-corrected chi connectivity index (χ2v) is 5.17. The highest BCUT2D eigenvalue weighted by Crippen LogP contribution is 2.28. The van der Waals surface area contributed by atoms with Gasteiger partial charge in [-0.1, -0.05) is 29.8 Å². The first-order valence-corrected chi connectivity index (χ1v) is 6.51. The topological polar surface area (TPSA) is 38.0 Å². The molecule has 0 spiro atoms. The molecule has 0 saturated carbocycles. The van der Waals surface area contributed by atoms with E-state index in [1.165, 1.54) is 17.5 Å². The van der Waals surface area contributed by atoms with Crippen LogP contribution in [0, 0.1) is 0 Å². The van der Waals surface area contributed by atoms with Gasteiger partial charge in [0, 0.05) is 7.05 Å². The second kappa shape index (κ2) is 4.41. The van der Waals surface area contributed by atoms with E-state index in [1.807, 2.05) is 6.07 Å². The van der Waals surface area contributed by atoms with Crippen molar-refractivity contribution < 1.29 is 5.11 Å². The molecule has 0 aliphatic heterocycles. The Balaban J connectivity index is 1.97. The molecule has 0 bridgehead atoms. The molecule has 2 aromatic rings. The predicted octanol–water partition coefficient (Wildman–Crippen LogP) is 2.64. The fraction of sp³-hybridized carbons (Fsp3) is 0.357. The summed E-state index contributed by atoms with van der Waals surface area (Å²) in [5.74, 6) is 0.581. The molecular formula is C14H15ClN2O. The van der Waals surface area contributed by atoms with Crippen LogP contribution in [-0.4, -0.2) is 14.7 Å². The highest BCUT2D eigenvalue weighted by atomic mass is 35.5. The lowest BCUT2D eigenvalue weighted by atomic mass is 10.0. The van der Waals surface area contributed by atoms with Gasteiger partial charge in [-0.25, -0.2) is 4.98 Å². The van der Waals surface area contributed by atoms with Crippen molar-refractivity contribution in [2.45, 2.75) is 25.4 Å². The minimum absolute atomic E-state index is 0.533. The lowest BCUT2D eigenvalue weighted by Crippen LogP contribution is -2.07. The van der Waals surface area contributed by atoms with E-state index in [4.69, 9.17) is 11.6 Å². The minimum atomic E-state index is -0.714. The first-order chi connectivity index (χ1) is 8.66. The molecule has 1 aliphatic rings. The molecule has 0 amide bonds. The molecule has 0 saturated heterocycles. The highest BCUT2D eigenvalue weighted by Gasteiger charge is 2.19. The third kappa shape index (κ3) is 1.84. The van der Waals surface area contributed by atoms with Gasteiger partial charge in [-0.2, -0.15) is 0 Å². The molecule has 4 heteroatoms. The largest absolute Gasteiger partial charge is 0.380 e. The molecule has 3 rings (SSSR count). The zero-order valence-corrected chi connectivity index (χ0v) is 11.0. The molecule has 1 N–H and O–H groups in total. The van der Waals surface area contributed by atoms with Crippen LogP contribution in [0.2, 0.25) is 5.15 Å². The Morgan fingerprint density at radius 1 is 1.33 bits per heavy atom. The van der Waals surface area contributed by atoms with Crippen molar-refractivity contribution in [2.24, 2.45) is 7.05 Å². The van der Waals surface area contributed by atoms with Crippen molar-refractivity contribution in [2.75, 3.05) is 0 Å². The normalized spacial score (nSPS) is 15.7. The van der Waals surface area contributed by atoms with E-state index in [0.29, 0.717) is 11.0 Å². The van der Waals surface area contributed by atoms with E-state index in [0.717, 1.165) is 18.4 Å². The van der Waals surface area contributed by atoms with Gasteiger partial charge in [-0.05, 0) is 36.0 Å². The maximum Gasteiger partial charge on any atom is 0.143 e. The van der Waals surface area contributed by atoms with Crippen LogP contribution >= 0.6 is 11.6 Å². The van der Waals surface area contributed by atoms with Crippen molar-refractivity contribution in [1.29, 1.82) is 0 Å². The van der Waals surface area contributed by atoms with Crippen molar-refractivity contribution >= 4 is 11.6 Å². The fourth-order valence-corrected chi connectivity index (χ4v) is 2.70. The quantitative estimate of drug-likeness (QED) is 0.904. The summed E-state index contributed by atoms with van der Waals surface area (Å²) in [6, 6.07) is 6.19. The van der Waals surface area contributed by atoms with E-state index >= 15 is 0 Å². The summed E-state index contributed by atoms with van der Waals surface area (Å²) in [5, 5.41) is 10.9. The zero-order valence-electron chi connectivity index (χ0n) is 10.2. The third-order valence-electron chi connectivity index (χ3n) is 3.65. The monoisotopic (exact) mass is 262 g/mol. The Labute approximate surface area is 111 Å². The summed E-state index contributed by atoms with van der Waals surface area (Å²) in [6.45, 7) is 0. The predicted molar refractivity (Wildman–Crippen MR) is 70.7 cm³/mol. The van der Waals surface area contributed by atoms with E-state index in [-0.39, 0.29) is 0 Å². The number of aliphatic hydroxyl groups is 1. The standard InChI is InChI=1S/C14H15ClN2O/c1-17-12(15)8-16-14(17)13(18)11-6-5-9-3-2-4-10(9)7-11/h5-8,13,18H,2-4H2,1H3. The van der Waals surface area contributed by atoms with Crippen LogP contribution in [0.5, 0.6) is 0 Å². The lowest BCUT2D eigenvalue weighted by Gasteiger charge is -2.12. The van der Waals surface area contributed by atoms with E-state index < -0.39 is 6.10 Å². The van der Waals surface area contributed by atoms with Gasteiger partial charge in [-0.15, -0.1) is 0 Å². The summed E-state index contributed by atoms with van der Waals surface area (Å²) in [7, 11) is 1.81. The molecule has 1 heterocycles. The Kier molecular flexibility index (Phi) is 2.88. The van der Waals surface area contributed by atoms with Gasteiger partial charge in [0.1, 0.15) is 17.1 Å². The Morgan fingerprint density at radius 2 is 2.11 bits per heavy atom. The van der Waals surface area contributed by atoms with Gasteiger partial charge in [0.2, 0.25) is 0 Å². The number of hydrogen-bond acceptors (Lipinski definition) is 2. The molecule has 18 heavy (non-hydrogen) atoms. The Morgan fingerprint density at radius 3 is 2.83 bits per heavy atom. The van der Waals surface area contributed by atoms with Crippen LogP contribution in [0.3, 0.4) is 0 Å². The summed E-state index contributed by atoms with van der Waals surface area (Å²) >= 11 is 5.94. The molecule has 3 nitrogen and oxygen atoms in total. The van der Waals surface area contributed by atoms with Gasteiger partial charge in [0.05, 0.1) is 6.20 Å². The molecule has 1 aromatic carbocycles. The first kappa shape index (κ1) is 11.8. The molecule has 0 radical (unpaired) electrons. The van der Waals surface area contributed by atoms with Gasteiger partial charge in [0.25, 0.3) is 0 Å². The number of halogens is 1. The van der Waals surface area contributed by atoms with Gasteiger partial charge in [0.15, 0.2) is 0 Å². The van der Waals surface area contributed by atoms with Crippen LogP contribution in [0.4, 0.5) is 0 Å². The number of rotatable bonds is 2. The van der Waals surface area contributed by atoms with Crippen LogP contribution < -0.4 is 0 Å². The summed E-state index contributed by atoms with van der Waals surface area (Å²) < 4.78 is 1.71. The minimum Gasteiger partial charge on any atom is -0.380 e. The molecule has 1 unspecified atom stereocenters. The smallest absolute Gasteiger partial charge is 0.143 e. The van der Waals surface area contributed by atoms with Crippen molar-refractivity contribution in [3.8, 4) is 0 Å². The average molecular weight is 263 g/mol. The third-order valence-corrected chi connectivity index (χ3v) is 4.00. The fourth-order valence-electron chi connectivity index (χ4n) is 2.57. The van der Waals surface area contributed by atoms with Crippen molar-refractivity contribution in [3.63, 3.8) is 0 Å². The van der Waals surface area contributed by atoms with E-state index in [2.05, 4.69) is 17.1 Å². The van der Waals surface area contributed by atoms with Crippen LogP contribution in [0.25, 0.3) is 0 Å². The number of aryl methyl sites for hydroxylation is 2. The van der Waals surface area contributed by atoms with Crippen LogP contribution in [0.1, 0.15) is 35.0 Å². The molecule has 1 atom stereocenters. The summed E-state index contributed by atoms with van der Waals surface area (Å²) in [4.78, 5) is 4.17. The summed E-state index contributed by atoms with van der Waals surface area (Å²) in [6.07, 6.45) is 4.32. The molecule has 1 aliphatic carbocycles. The SMILES string of the molecule is Cn1c(Cl)cnc1C(O)c1ccc2c(c1)CCC2. The number of nitrogens with zero attached hydrogens (tertiary/aromatic N) is 2. The summed E-state index contributed by atoms with van der Waals surface area (Å²) in [5.41, 5.74) is 3.65. The van der Waals surface area contributed by atoms with E-state index in [9.17, 15) is 5.11 Å². The Bertz CT molecular complexity index is 591. The number of aromatic nitrogens is 2.